The van der Waals surface area contributed by atoms with Crippen LogP contribution in [0, 0.1) is 0 Å². The number of carbonyl (C=O) groups is 2. The molecule has 1 aliphatic heterocycles. The first-order chi connectivity index (χ1) is 14.5. The first-order valence-electron chi connectivity index (χ1n) is 9.51. The SMILES string of the molecule is C[C@@H](OC[C@@]1(C)CC[C@@](NC(N)=O)(C(N)=O)CN1)c1cc(C(F)(F)F)cc(C(F)(F)F)c1. The molecule has 1 fully saturated rings. The van der Waals surface area contributed by atoms with Gasteiger partial charge in [-0.2, -0.15) is 26.3 Å². The maximum absolute atomic E-state index is 13.1. The third-order valence-electron chi connectivity index (χ3n) is 5.49. The number of rotatable bonds is 6. The Balaban J connectivity index is 2.15. The van der Waals surface area contributed by atoms with Gasteiger partial charge in [-0.1, -0.05) is 0 Å². The molecule has 0 bridgehead atoms. The summed E-state index contributed by atoms with van der Waals surface area (Å²) in [6, 6.07) is 0.343. The van der Waals surface area contributed by atoms with Crippen LogP contribution in [0.15, 0.2) is 18.2 Å². The molecular formula is C19H24F6N4O3. The lowest BCUT2D eigenvalue weighted by Gasteiger charge is -2.44. The normalized spacial score (nSPS) is 25.2. The fourth-order valence-electron chi connectivity index (χ4n) is 3.39. The molecule has 0 spiro atoms. The van der Waals surface area contributed by atoms with E-state index in [1.165, 1.54) is 6.92 Å². The summed E-state index contributed by atoms with van der Waals surface area (Å²) < 4.78 is 84.0. The van der Waals surface area contributed by atoms with Gasteiger partial charge in [0.1, 0.15) is 5.54 Å². The number of carbonyl (C=O) groups excluding carboxylic acids is 2. The molecule has 1 aliphatic rings. The highest BCUT2D eigenvalue weighted by Crippen LogP contribution is 2.38. The fraction of sp³-hybridized carbons (Fsp3) is 0.579. The maximum atomic E-state index is 13.1. The highest BCUT2D eigenvalue weighted by molar-refractivity contribution is 5.90. The molecule has 3 amide bonds. The molecule has 1 aromatic carbocycles. The monoisotopic (exact) mass is 470 g/mol. The Kier molecular flexibility index (Phi) is 7.05. The first kappa shape index (κ1) is 25.7. The minimum atomic E-state index is -4.96. The van der Waals surface area contributed by atoms with Gasteiger partial charge in [0.15, 0.2) is 0 Å². The van der Waals surface area contributed by atoms with Crippen LogP contribution in [-0.4, -0.2) is 36.2 Å². The molecule has 1 saturated heterocycles. The second-order valence-corrected chi connectivity index (χ2v) is 8.14. The zero-order valence-corrected chi connectivity index (χ0v) is 17.3. The molecular weight excluding hydrogens is 446 g/mol. The maximum Gasteiger partial charge on any atom is 0.416 e. The topological polar surface area (TPSA) is 119 Å². The van der Waals surface area contributed by atoms with Gasteiger partial charge in [-0.3, -0.25) is 4.79 Å². The van der Waals surface area contributed by atoms with E-state index in [1.54, 1.807) is 6.92 Å². The van der Waals surface area contributed by atoms with Gasteiger partial charge >= 0.3 is 18.4 Å². The Hall–Kier alpha value is -2.54. The number of hydrogen-bond donors (Lipinski definition) is 4. The number of piperidine rings is 1. The molecule has 32 heavy (non-hydrogen) atoms. The van der Waals surface area contributed by atoms with Crippen LogP contribution in [0.25, 0.3) is 0 Å². The van der Waals surface area contributed by atoms with E-state index in [2.05, 4.69) is 10.6 Å². The van der Waals surface area contributed by atoms with Gasteiger partial charge in [0.25, 0.3) is 0 Å². The molecule has 7 nitrogen and oxygen atoms in total. The Morgan fingerprint density at radius 2 is 1.62 bits per heavy atom. The number of nitrogens with two attached hydrogens (primary N) is 2. The van der Waals surface area contributed by atoms with Crippen LogP contribution >= 0.6 is 0 Å². The predicted molar refractivity (Wildman–Crippen MR) is 101 cm³/mol. The molecule has 3 atom stereocenters. The number of hydrogen-bond acceptors (Lipinski definition) is 4. The molecule has 13 heteroatoms. The molecule has 2 rings (SSSR count). The van der Waals surface area contributed by atoms with Crippen molar-refractivity contribution in [3.63, 3.8) is 0 Å². The summed E-state index contributed by atoms with van der Waals surface area (Å²) in [7, 11) is 0. The zero-order valence-electron chi connectivity index (χ0n) is 17.3. The van der Waals surface area contributed by atoms with Crippen LogP contribution < -0.4 is 22.1 Å². The van der Waals surface area contributed by atoms with Crippen molar-refractivity contribution < 1.29 is 40.7 Å². The van der Waals surface area contributed by atoms with Crippen LogP contribution in [0.2, 0.25) is 0 Å². The molecule has 0 aromatic heterocycles. The van der Waals surface area contributed by atoms with Crippen LogP contribution in [-0.2, 0) is 21.9 Å². The third kappa shape index (κ3) is 6.03. The summed E-state index contributed by atoms with van der Waals surface area (Å²) in [6.07, 6.45) is -10.7. The first-order valence-corrected chi connectivity index (χ1v) is 9.51. The van der Waals surface area contributed by atoms with Crippen molar-refractivity contribution in [3.05, 3.63) is 34.9 Å². The van der Waals surface area contributed by atoms with E-state index >= 15 is 0 Å². The van der Waals surface area contributed by atoms with Gasteiger partial charge in [-0.05, 0) is 50.5 Å². The van der Waals surface area contributed by atoms with Crippen LogP contribution in [0.3, 0.4) is 0 Å². The summed E-state index contributed by atoms with van der Waals surface area (Å²) in [4.78, 5) is 23.0. The van der Waals surface area contributed by atoms with E-state index in [1.807, 2.05) is 0 Å². The quantitative estimate of drug-likeness (QED) is 0.478. The van der Waals surface area contributed by atoms with Crippen molar-refractivity contribution in [2.45, 2.75) is 56.2 Å². The van der Waals surface area contributed by atoms with Gasteiger partial charge in [-0.15, -0.1) is 0 Å². The summed E-state index contributed by atoms with van der Waals surface area (Å²) in [5.41, 5.74) is 5.12. The number of urea groups is 1. The standard InChI is InChI=1S/C19H24F6N4O3/c1-10(11-5-12(18(20,21)22)7-13(6-11)19(23,24)25)32-9-16(2)3-4-17(8-28-16,14(26)30)29-15(27)31/h5-7,10,28H,3-4,8-9H2,1-2H3,(H2,26,30)(H3,27,29,31)/t10-,16-,17+/m1/s1. The minimum absolute atomic E-state index is 0.0510. The van der Waals surface area contributed by atoms with E-state index < -0.39 is 52.6 Å². The molecule has 1 heterocycles. The van der Waals surface area contributed by atoms with Crippen molar-refractivity contribution >= 4 is 11.9 Å². The van der Waals surface area contributed by atoms with Crippen molar-refractivity contribution in [1.29, 1.82) is 0 Å². The third-order valence-corrected chi connectivity index (χ3v) is 5.49. The second kappa shape index (κ2) is 8.77. The number of alkyl halides is 6. The minimum Gasteiger partial charge on any atom is -0.372 e. The Morgan fingerprint density at radius 1 is 1.09 bits per heavy atom. The molecule has 0 radical (unpaired) electrons. The Labute approximate surface area is 179 Å². The average Bonchev–Trinajstić information content (AvgIpc) is 2.66. The van der Waals surface area contributed by atoms with E-state index in [0.717, 1.165) is 0 Å². The van der Waals surface area contributed by atoms with Gasteiger partial charge in [0, 0.05) is 12.1 Å². The number of amides is 3. The summed E-state index contributed by atoms with van der Waals surface area (Å²) in [5.74, 6) is -0.802. The fourth-order valence-corrected chi connectivity index (χ4v) is 3.39. The summed E-state index contributed by atoms with van der Waals surface area (Å²) in [5, 5.41) is 5.31. The number of halogens is 6. The van der Waals surface area contributed by atoms with Crippen LogP contribution in [0.4, 0.5) is 31.1 Å². The molecule has 0 unspecified atom stereocenters. The largest absolute Gasteiger partial charge is 0.416 e. The summed E-state index contributed by atoms with van der Waals surface area (Å²) >= 11 is 0. The lowest BCUT2D eigenvalue weighted by molar-refractivity contribution is -0.143. The summed E-state index contributed by atoms with van der Waals surface area (Å²) in [6.45, 7) is 2.85. The molecule has 0 aliphatic carbocycles. The van der Waals surface area contributed by atoms with Crippen LogP contribution in [0.1, 0.15) is 49.5 Å². The van der Waals surface area contributed by atoms with Crippen LogP contribution in [0.5, 0.6) is 0 Å². The van der Waals surface area contributed by atoms with E-state index in [-0.39, 0.29) is 37.6 Å². The van der Waals surface area contributed by atoms with E-state index in [0.29, 0.717) is 12.1 Å². The number of nitrogens with one attached hydrogen (secondary N) is 2. The Morgan fingerprint density at radius 3 is 2.00 bits per heavy atom. The van der Waals surface area contributed by atoms with Crippen molar-refractivity contribution in [1.82, 2.24) is 10.6 Å². The van der Waals surface area contributed by atoms with Crippen molar-refractivity contribution in [3.8, 4) is 0 Å². The average molecular weight is 470 g/mol. The van der Waals surface area contributed by atoms with E-state index in [4.69, 9.17) is 16.2 Å². The molecule has 1 aromatic rings. The molecule has 0 saturated carbocycles. The molecule has 6 N–H and O–H groups in total. The number of benzene rings is 1. The highest BCUT2D eigenvalue weighted by Gasteiger charge is 2.45. The van der Waals surface area contributed by atoms with Gasteiger partial charge < -0.3 is 26.8 Å². The predicted octanol–water partition coefficient (Wildman–Crippen LogP) is 2.84. The Bertz CT molecular complexity index is 831. The second-order valence-electron chi connectivity index (χ2n) is 8.14. The number of ether oxygens (including phenoxy) is 1. The van der Waals surface area contributed by atoms with Crippen molar-refractivity contribution in [2.24, 2.45) is 11.5 Å². The highest BCUT2D eigenvalue weighted by atomic mass is 19.4. The zero-order chi connectivity index (χ0) is 24.5. The lowest BCUT2D eigenvalue weighted by Crippen LogP contribution is -2.70. The smallest absolute Gasteiger partial charge is 0.372 e. The van der Waals surface area contributed by atoms with Gasteiger partial charge in [-0.25, -0.2) is 4.79 Å². The van der Waals surface area contributed by atoms with Gasteiger partial charge in [0.05, 0.1) is 23.8 Å². The molecule has 180 valence electrons. The number of primary amides is 2. The van der Waals surface area contributed by atoms with Gasteiger partial charge in [0.2, 0.25) is 5.91 Å². The van der Waals surface area contributed by atoms with E-state index in [9.17, 15) is 35.9 Å². The van der Waals surface area contributed by atoms with Crippen molar-refractivity contribution in [2.75, 3.05) is 13.2 Å². The lowest BCUT2D eigenvalue weighted by atomic mass is 9.80.